The van der Waals surface area contributed by atoms with Crippen LogP contribution in [0, 0.1) is 5.92 Å². The Hall–Kier alpha value is -0.110. The van der Waals surface area contributed by atoms with Crippen LogP contribution in [-0.4, -0.2) is 17.4 Å². The van der Waals surface area contributed by atoms with E-state index in [-0.39, 0.29) is 0 Å². The molecule has 2 atom stereocenters. The van der Waals surface area contributed by atoms with E-state index >= 15 is 0 Å². The average molecular weight is 134 g/mol. The van der Waals surface area contributed by atoms with Crippen LogP contribution in [0.1, 0.15) is 27.2 Å². The molecule has 0 spiro atoms. The molecule has 0 aromatic carbocycles. The lowest BCUT2D eigenvalue weighted by molar-refractivity contribution is 0.0700. The molecule has 0 radical (unpaired) electrons. The third kappa shape index (κ3) is 4.40. The number of hydrogen-bond donors (Lipinski definition) is 1. The van der Waals surface area contributed by atoms with Crippen molar-refractivity contribution in [1.82, 2.24) is 0 Å². The van der Waals surface area contributed by atoms with Crippen LogP contribution in [0.5, 0.6) is 0 Å². The second-order valence-corrected chi connectivity index (χ2v) is 2.87. The summed E-state index contributed by atoms with van der Waals surface area (Å²) in [5.74, 6) is 0.373. The van der Waals surface area contributed by atoms with Crippen molar-refractivity contribution in [3.8, 4) is 0 Å². The van der Waals surface area contributed by atoms with Crippen molar-refractivity contribution >= 4 is 0 Å². The maximum atomic E-state index is 12.2. The van der Waals surface area contributed by atoms with Crippen LogP contribution in [0.25, 0.3) is 0 Å². The summed E-state index contributed by atoms with van der Waals surface area (Å²) in [5.41, 5.74) is 0. The molecule has 9 heavy (non-hydrogen) atoms. The van der Waals surface area contributed by atoms with Gasteiger partial charge in [-0.2, -0.15) is 0 Å². The minimum atomic E-state index is -1.09. The number of halogens is 1. The first-order valence-electron chi connectivity index (χ1n) is 3.36. The van der Waals surface area contributed by atoms with Gasteiger partial charge in [-0.1, -0.05) is 13.8 Å². The zero-order valence-corrected chi connectivity index (χ0v) is 6.26. The fraction of sp³-hybridized carbons (Fsp3) is 1.00. The first-order valence-corrected chi connectivity index (χ1v) is 3.36. The lowest BCUT2D eigenvalue weighted by Gasteiger charge is -2.13. The van der Waals surface area contributed by atoms with Gasteiger partial charge >= 0.3 is 0 Å². The molecule has 0 rings (SSSR count). The van der Waals surface area contributed by atoms with E-state index in [1.165, 1.54) is 6.92 Å². The maximum Gasteiger partial charge on any atom is 0.123 e. The molecule has 2 heteroatoms. The third-order valence-corrected chi connectivity index (χ3v) is 1.24. The predicted molar refractivity (Wildman–Crippen MR) is 36.0 cm³/mol. The molecular formula is C7H15FO. The molecule has 56 valence electrons. The van der Waals surface area contributed by atoms with Gasteiger partial charge in [-0.05, 0) is 19.3 Å². The van der Waals surface area contributed by atoms with E-state index in [9.17, 15) is 4.39 Å². The van der Waals surface area contributed by atoms with E-state index in [2.05, 4.69) is 0 Å². The molecule has 0 bridgehead atoms. The minimum Gasteiger partial charge on any atom is -0.390 e. The molecule has 0 aliphatic carbocycles. The summed E-state index contributed by atoms with van der Waals surface area (Å²) >= 11 is 0. The van der Waals surface area contributed by atoms with E-state index in [0.717, 1.165) is 0 Å². The highest BCUT2D eigenvalue weighted by molar-refractivity contribution is 4.63. The van der Waals surface area contributed by atoms with Crippen molar-refractivity contribution < 1.29 is 9.50 Å². The minimum absolute atomic E-state index is 0.373. The van der Waals surface area contributed by atoms with Crippen LogP contribution < -0.4 is 0 Å². The summed E-state index contributed by atoms with van der Waals surface area (Å²) in [7, 11) is 0. The Morgan fingerprint density at radius 2 is 1.78 bits per heavy atom. The van der Waals surface area contributed by atoms with Crippen molar-refractivity contribution in [3.05, 3.63) is 0 Å². The highest BCUT2D eigenvalue weighted by atomic mass is 19.1. The molecule has 0 aliphatic rings. The van der Waals surface area contributed by atoms with E-state index < -0.39 is 12.3 Å². The lowest BCUT2D eigenvalue weighted by Crippen LogP contribution is -2.20. The van der Waals surface area contributed by atoms with Gasteiger partial charge in [0.25, 0.3) is 0 Å². The van der Waals surface area contributed by atoms with Gasteiger partial charge in [0.05, 0.1) is 6.10 Å². The maximum absolute atomic E-state index is 12.2. The van der Waals surface area contributed by atoms with E-state index in [1.807, 2.05) is 13.8 Å². The summed E-state index contributed by atoms with van der Waals surface area (Å²) < 4.78 is 12.2. The van der Waals surface area contributed by atoms with Crippen LogP contribution in [0.2, 0.25) is 0 Å². The fourth-order valence-electron chi connectivity index (χ4n) is 0.671. The van der Waals surface area contributed by atoms with Gasteiger partial charge in [0.2, 0.25) is 0 Å². The Morgan fingerprint density at radius 3 is 1.89 bits per heavy atom. The first kappa shape index (κ1) is 8.89. The Balaban J connectivity index is 3.38. The monoisotopic (exact) mass is 134 g/mol. The summed E-state index contributed by atoms with van der Waals surface area (Å²) in [6.07, 6.45) is -1.31. The first-order chi connectivity index (χ1) is 4.04. The number of hydrogen-bond acceptors (Lipinski definition) is 1. The van der Waals surface area contributed by atoms with Crippen molar-refractivity contribution in [3.63, 3.8) is 0 Å². The van der Waals surface area contributed by atoms with Crippen LogP contribution in [-0.2, 0) is 0 Å². The molecule has 0 heterocycles. The molecule has 0 saturated heterocycles. The number of rotatable bonds is 3. The molecule has 0 aliphatic heterocycles. The molecular weight excluding hydrogens is 119 g/mol. The second kappa shape index (κ2) is 3.83. The second-order valence-electron chi connectivity index (χ2n) is 2.87. The van der Waals surface area contributed by atoms with Gasteiger partial charge in [0.1, 0.15) is 6.17 Å². The van der Waals surface area contributed by atoms with Crippen LogP contribution >= 0.6 is 0 Å². The number of aliphatic hydroxyl groups is 1. The summed E-state index contributed by atoms with van der Waals surface area (Å²) in [5, 5.41) is 8.92. The van der Waals surface area contributed by atoms with Gasteiger partial charge < -0.3 is 5.11 Å². The van der Waals surface area contributed by atoms with Crippen LogP contribution in [0.15, 0.2) is 0 Å². The quantitative estimate of drug-likeness (QED) is 0.623. The fourth-order valence-corrected chi connectivity index (χ4v) is 0.671. The van der Waals surface area contributed by atoms with Crippen LogP contribution in [0.4, 0.5) is 4.39 Å². The van der Waals surface area contributed by atoms with E-state index in [1.54, 1.807) is 0 Å². The van der Waals surface area contributed by atoms with E-state index in [0.29, 0.717) is 12.3 Å². The molecule has 1 N–H and O–H groups in total. The Bertz CT molecular complexity index is 71.3. The van der Waals surface area contributed by atoms with Gasteiger partial charge in [-0.15, -0.1) is 0 Å². The van der Waals surface area contributed by atoms with Gasteiger partial charge in [-0.3, -0.25) is 0 Å². The van der Waals surface area contributed by atoms with Crippen molar-refractivity contribution in [1.29, 1.82) is 0 Å². The zero-order valence-electron chi connectivity index (χ0n) is 6.26. The smallest absolute Gasteiger partial charge is 0.123 e. The lowest BCUT2D eigenvalue weighted by atomic mass is 10.0. The van der Waals surface area contributed by atoms with Gasteiger partial charge in [0, 0.05) is 0 Å². The molecule has 0 amide bonds. The van der Waals surface area contributed by atoms with Gasteiger partial charge in [0.15, 0.2) is 0 Å². The van der Waals surface area contributed by atoms with Gasteiger partial charge in [-0.25, -0.2) is 4.39 Å². The topological polar surface area (TPSA) is 20.2 Å². The molecule has 1 nitrogen and oxygen atoms in total. The SMILES string of the molecule is CC(C)CC(O)C(C)F. The van der Waals surface area contributed by atoms with Crippen molar-refractivity contribution in [2.24, 2.45) is 5.92 Å². The largest absolute Gasteiger partial charge is 0.390 e. The molecule has 0 saturated carbocycles. The van der Waals surface area contributed by atoms with Crippen molar-refractivity contribution in [2.45, 2.75) is 39.5 Å². The molecule has 0 aromatic heterocycles. The standard InChI is InChI=1S/C7H15FO/c1-5(2)4-7(9)6(3)8/h5-7,9H,4H2,1-3H3. The summed E-state index contributed by atoms with van der Waals surface area (Å²) in [6.45, 7) is 5.31. The third-order valence-electron chi connectivity index (χ3n) is 1.24. The number of alkyl halides is 1. The van der Waals surface area contributed by atoms with Crippen LogP contribution in [0.3, 0.4) is 0 Å². The summed E-state index contributed by atoms with van der Waals surface area (Å²) in [6, 6.07) is 0. The summed E-state index contributed by atoms with van der Waals surface area (Å²) in [4.78, 5) is 0. The molecule has 0 fully saturated rings. The highest BCUT2D eigenvalue weighted by Gasteiger charge is 2.13. The van der Waals surface area contributed by atoms with E-state index in [4.69, 9.17) is 5.11 Å². The zero-order chi connectivity index (χ0) is 7.44. The molecule has 0 aromatic rings. The number of aliphatic hydroxyl groups excluding tert-OH is 1. The Kier molecular flexibility index (Phi) is 3.78. The normalized spacial score (nSPS) is 18.0. The molecule has 2 unspecified atom stereocenters. The highest BCUT2D eigenvalue weighted by Crippen LogP contribution is 2.09. The Labute approximate surface area is 55.9 Å². The van der Waals surface area contributed by atoms with Crippen molar-refractivity contribution in [2.75, 3.05) is 0 Å². The average Bonchev–Trinajstić information content (AvgIpc) is 1.63. The predicted octanol–water partition coefficient (Wildman–Crippen LogP) is 1.75. The Morgan fingerprint density at radius 1 is 1.33 bits per heavy atom.